The van der Waals surface area contributed by atoms with Crippen LogP contribution in [0.25, 0.3) is 11.4 Å². The highest BCUT2D eigenvalue weighted by Crippen LogP contribution is 2.41. The van der Waals surface area contributed by atoms with Crippen molar-refractivity contribution in [3.63, 3.8) is 0 Å². The molecule has 0 aliphatic heterocycles. The van der Waals surface area contributed by atoms with E-state index in [9.17, 15) is 4.79 Å². The van der Waals surface area contributed by atoms with Crippen molar-refractivity contribution in [2.75, 3.05) is 6.61 Å². The summed E-state index contributed by atoms with van der Waals surface area (Å²) in [5.74, 6) is 1.88. The number of rotatable bonds is 5. The van der Waals surface area contributed by atoms with Gasteiger partial charge in [0.05, 0.1) is 12.3 Å². The Morgan fingerprint density at radius 1 is 1.33 bits per heavy atom. The van der Waals surface area contributed by atoms with Crippen LogP contribution in [0.1, 0.15) is 37.8 Å². The lowest BCUT2D eigenvalue weighted by Crippen LogP contribution is -2.13. The van der Waals surface area contributed by atoms with Gasteiger partial charge in [0.1, 0.15) is 16.0 Å². The van der Waals surface area contributed by atoms with Crippen molar-refractivity contribution in [1.29, 1.82) is 0 Å². The fourth-order valence-corrected chi connectivity index (χ4v) is 2.68. The van der Waals surface area contributed by atoms with Gasteiger partial charge in [-0.3, -0.25) is 4.79 Å². The van der Waals surface area contributed by atoms with Crippen LogP contribution in [-0.4, -0.2) is 16.6 Å². The normalized spacial score (nSPS) is 14.2. The number of nitrogens with one attached hydrogen (secondary N) is 1. The molecule has 3 rings (SSSR count). The third-order valence-corrected chi connectivity index (χ3v) is 4.22. The Labute approximate surface area is 131 Å². The van der Waals surface area contributed by atoms with Crippen molar-refractivity contribution in [2.45, 2.75) is 32.1 Å². The van der Waals surface area contributed by atoms with Crippen LogP contribution in [0.2, 0.25) is 0 Å². The third kappa shape index (κ3) is 3.18. The molecule has 0 unspecified atom stereocenters. The summed E-state index contributed by atoms with van der Waals surface area (Å²) in [6, 6.07) is 7.66. The minimum absolute atomic E-state index is 0.117. The smallest absolute Gasteiger partial charge is 0.265 e. The van der Waals surface area contributed by atoms with Crippen molar-refractivity contribution >= 4 is 15.9 Å². The highest BCUT2D eigenvalue weighted by Gasteiger charge is 2.29. The number of H-pyrrole nitrogens is 1. The van der Waals surface area contributed by atoms with Crippen LogP contribution in [0.5, 0.6) is 5.75 Å². The van der Waals surface area contributed by atoms with E-state index < -0.39 is 0 Å². The minimum atomic E-state index is -0.117. The van der Waals surface area contributed by atoms with Gasteiger partial charge in [-0.25, -0.2) is 4.98 Å². The standard InChI is InChI=1S/C16H17BrN2O2/c1-2-9-21-12-7-5-11(6-8-12)15-18-14(10-3-4-10)13(17)16(20)19-15/h5-8,10H,2-4,9H2,1H3,(H,18,19,20). The van der Waals surface area contributed by atoms with E-state index in [0.717, 1.165) is 36.3 Å². The van der Waals surface area contributed by atoms with Crippen molar-refractivity contribution in [3.8, 4) is 17.1 Å². The summed E-state index contributed by atoms with van der Waals surface area (Å²) in [6.45, 7) is 2.78. The summed E-state index contributed by atoms with van der Waals surface area (Å²) < 4.78 is 6.13. The molecule has 1 heterocycles. The molecule has 1 aliphatic rings. The predicted molar refractivity (Wildman–Crippen MR) is 85.8 cm³/mol. The maximum absolute atomic E-state index is 12.0. The molecule has 1 N–H and O–H groups in total. The zero-order valence-electron chi connectivity index (χ0n) is 11.9. The molecule has 0 atom stereocenters. The number of aromatic nitrogens is 2. The number of halogens is 1. The molecular weight excluding hydrogens is 332 g/mol. The SMILES string of the molecule is CCCOc1ccc(-c2nc(C3CC3)c(Br)c(=O)[nH]2)cc1. The Bertz CT molecular complexity index is 690. The van der Waals surface area contributed by atoms with Gasteiger partial charge in [-0.1, -0.05) is 6.92 Å². The van der Waals surface area contributed by atoms with Crippen LogP contribution in [-0.2, 0) is 0 Å². The topological polar surface area (TPSA) is 55.0 Å². The van der Waals surface area contributed by atoms with Crippen LogP contribution in [0.3, 0.4) is 0 Å². The first-order valence-electron chi connectivity index (χ1n) is 7.22. The second-order valence-corrected chi connectivity index (χ2v) is 6.05. The molecule has 0 bridgehead atoms. The first-order valence-corrected chi connectivity index (χ1v) is 8.01. The first kappa shape index (κ1) is 14.3. The van der Waals surface area contributed by atoms with Crippen molar-refractivity contribution < 1.29 is 4.74 Å². The summed E-state index contributed by atoms with van der Waals surface area (Å²) in [5.41, 5.74) is 1.65. The van der Waals surface area contributed by atoms with Crippen LogP contribution in [0, 0.1) is 0 Å². The molecule has 0 saturated heterocycles. The largest absolute Gasteiger partial charge is 0.494 e. The molecular formula is C16H17BrN2O2. The van der Waals surface area contributed by atoms with Gasteiger partial charge in [0.15, 0.2) is 0 Å². The lowest BCUT2D eigenvalue weighted by molar-refractivity contribution is 0.317. The van der Waals surface area contributed by atoms with Gasteiger partial charge < -0.3 is 9.72 Å². The Kier molecular flexibility index (Phi) is 4.10. The van der Waals surface area contributed by atoms with E-state index in [1.54, 1.807) is 0 Å². The zero-order valence-corrected chi connectivity index (χ0v) is 13.4. The molecule has 21 heavy (non-hydrogen) atoms. The fourth-order valence-electron chi connectivity index (χ4n) is 2.17. The molecule has 0 spiro atoms. The maximum Gasteiger partial charge on any atom is 0.265 e. The number of hydrogen-bond donors (Lipinski definition) is 1. The lowest BCUT2D eigenvalue weighted by Gasteiger charge is -2.08. The summed E-state index contributed by atoms with van der Waals surface area (Å²) in [5, 5.41) is 0. The van der Waals surface area contributed by atoms with Gasteiger partial charge in [0, 0.05) is 11.5 Å². The summed E-state index contributed by atoms with van der Waals surface area (Å²) in [4.78, 5) is 19.4. The summed E-state index contributed by atoms with van der Waals surface area (Å²) in [6.07, 6.45) is 3.20. The molecule has 1 aliphatic carbocycles. The maximum atomic E-state index is 12.0. The zero-order chi connectivity index (χ0) is 14.8. The van der Waals surface area contributed by atoms with E-state index in [-0.39, 0.29) is 5.56 Å². The number of benzene rings is 1. The highest BCUT2D eigenvalue weighted by atomic mass is 79.9. The third-order valence-electron chi connectivity index (χ3n) is 3.45. The quantitative estimate of drug-likeness (QED) is 0.892. The van der Waals surface area contributed by atoms with Gasteiger partial charge in [0.2, 0.25) is 0 Å². The molecule has 1 aromatic carbocycles. The molecule has 110 valence electrons. The van der Waals surface area contributed by atoms with E-state index in [1.165, 1.54) is 0 Å². The predicted octanol–water partition coefficient (Wildman–Crippen LogP) is 3.87. The number of nitrogens with zero attached hydrogens (tertiary/aromatic N) is 1. The molecule has 1 aromatic heterocycles. The lowest BCUT2D eigenvalue weighted by atomic mass is 10.2. The minimum Gasteiger partial charge on any atom is -0.494 e. The van der Waals surface area contributed by atoms with E-state index in [1.807, 2.05) is 24.3 Å². The molecule has 1 saturated carbocycles. The average Bonchev–Trinajstić information content (AvgIpc) is 3.33. The van der Waals surface area contributed by atoms with E-state index >= 15 is 0 Å². The van der Waals surface area contributed by atoms with Crippen molar-refractivity contribution in [3.05, 3.63) is 44.8 Å². The highest BCUT2D eigenvalue weighted by molar-refractivity contribution is 9.10. The number of ether oxygens (including phenoxy) is 1. The molecule has 1 fully saturated rings. The van der Waals surface area contributed by atoms with Crippen molar-refractivity contribution in [1.82, 2.24) is 9.97 Å². The van der Waals surface area contributed by atoms with E-state index in [0.29, 0.717) is 22.8 Å². The van der Waals surface area contributed by atoms with Crippen LogP contribution in [0.15, 0.2) is 33.5 Å². The van der Waals surface area contributed by atoms with Gasteiger partial charge in [-0.2, -0.15) is 0 Å². The Balaban J connectivity index is 1.91. The molecule has 5 heteroatoms. The molecule has 4 nitrogen and oxygen atoms in total. The Hall–Kier alpha value is -1.62. The van der Waals surface area contributed by atoms with Gasteiger partial charge >= 0.3 is 0 Å². The number of hydrogen-bond acceptors (Lipinski definition) is 3. The van der Waals surface area contributed by atoms with Crippen LogP contribution >= 0.6 is 15.9 Å². The number of aromatic amines is 1. The molecule has 0 radical (unpaired) electrons. The first-order chi connectivity index (χ1) is 10.2. The summed E-state index contributed by atoms with van der Waals surface area (Å²) >= 11 is 3.34. The summed E-state index contributed by atoms with van der Waals surface area (Å²) in [7, 11) is 0. The monoisotopic (exact) mass is 348 g/mol. The fraction of sp³-hybridized carbons (Fsp3) is 0.375. The molecule has 2 aromatic rings. The second kappa shape index (κ2) is 6.02. The van der Waals surface area contributed by atoms with Crippen LogP contribution < -0.4 is 10.3 Å². The van der Waals surface area contributed by atoms with Gasteiger partial charge in [0.25, 0.3) is 5.56 Å². The second-order valence-electron chi connectivity index (χ2n) is 5.26. The molecule has 0 amide bonds. The Morgan fingerprint density at radius 3 is 2.67 bits per heavy atom. The van der Waals surface area contributed by atoms with Gasteiger partial charge in [-0.15, -0.1) is 0 Å². The Morgan fingerprint density at radius 2 is 2.05 bits per heavy atom. The average molecular weight is 349 g/mol. The van der Waals surface area contributed by atoms with E-state index in [4.69, 9.17) is 4.74 Å². The van der Waals surface area contributed by atoms with Gasteiger partial charge in [-0.05, 0) is 59.5 Å². The van der Waals surface area contributed by atoms with Crippen LogP contribution in [0.4, 0.5) is 0 Å². The van der Waals surface area contributed by atoms with Crippen molar-refractivity contribution in [2.24, 2.45) is 0 Å². The van der Waals surface area contributed by atoms with E-state index in [2.05, 4.69) is 32.8 Å².